The van der Waals surface area contributed by atoms with Crippen molar-refractivity contribution in [1.29, 1.82) is 5.26 Å². The molecule has 2 aromatic carbocycles. The monoisotopic (exact) mass is 442 g/mol. The highest BCUT2D eigenvalue weighted by atomic mass is 16.5. The van der Waals surface area contributed by atoms with Crippen molar-refractivity contribution in [2.45, 2.75) is 39.3 Å². The average molecular weight is 443 g/mol. The van der Waals surface area contributed by atoms with E-state index < -0.39 is 0 Å². The molecule has 0 bridgehead atoms. The summed E-state index contributed by atoms with van der Waals surface area (Å²) >= 11 is 0. The molecule has 1 atom stereocenters. The first-order chi connectivity index (χ1) is 16.1. The summed E-state index contributed by atoms with van der Waals surface area (Å²) in [6.45, 7) is 7.86. The molecular formula is C27H30N4O2. The molecule has 2 heterocycles. The first-order valence-corrected chi connectivity index (χ1v) is 11.6. The Morgan fingerprint density at radius 2 is 1.85 bits per heavy atom. The standard InChI is InChI=1S/C27H30N4O2/c1-3-6-26-29-25(20(2)30-13-15-33-16-14-30)17-27(32)31(26)19-21-9-11-22(12-10-21)24-8-5-4-7-23(24)18-28/h4-5,7-12,17,20H,3,6,13-16,19H2,1-2H3. The van der Waals surface area contributed by atoms with Gasteiger partial charge in [0, 0.05) is 31.6 Å². The van der Waals surface area contributed by atoms with Crippen LogP contribution in [-0.4, -0.2) is 40.8 Å². The highest BCUT2D eigenvalue weighted by molar-refractivity contribution is 5.70. The van der Waals surface area contributed by atoms with Crippen LogP contribution in [0.4, 0.5) is 0 Å². The lowest BCUT2D eigenvalue weighted by Gasteiger charge is -2.32. The lowest BCUT2D eigenvalue weighted by atomic mass is 9.99. The smallest absolute Gasteiger partial charge is 0.254 e. The molecule has 0 radical (unpaired) electrons. The number of aromatic nitrogens is 2. The summed E-state index contributed by atoms with van der Waals surface area (Å²) in [7, 11) is 0. The number of rotatable bonds is 7. The van der Waals surface area contributed by atoms with Gasteiger partial charge in [-0.25, -0.2) is 4.98 Å². The van der Waals surface area contributed by atoms with Gasteiger partial charge in [-0.3, -0.25) is 14.3 Å². The van der Waals surface area contributed by atoms with Gasteiger partial charge in [0.15, 0.2) is 0 Å². The number of benzene rings is 2. The van der Waals surface area contributed by atoms with E-state index in [4.69, 9.17) is 9.72 Å². The normalized spacial score (nSPS) is 15.2. The van der Waals surface area contributed by atoms with Crippen molar-refractivity contribution in [1.82, 2.24) is 14.5 Å². The molecule has 0 aliphatic carbocycles. The van der Waals surface area contributed by atoms with Gasteiger partial charge >= 0.3 is 0 Å². The maximum atomic E-state index is 13.1. The van der Waals surface area contributed by atoms with Crippen molar-refractivity contribution >= 4 is 0 Å². The van der Waals surface area contributed by atoms with E-state index in [1.165, 1.54) is 0 Å². The number of hydrogen-bond acceptors (Lipinski definition) is 5. The molecule has 3 aromatic rings. The fourth-order valence-corrected chi connectivity index (χ4v) is 4.33. The van der Waals surface area contributed by atoms with E-state index in [2.05, 4.69) is 24.8 Å². The van der Waals surface area contributed by atoms with Crippen LogP contribution in [0.25, 0.3) is 11.1 Å². The number of aryl methyl sites for hydroxylation is 1. The fraction of sp³-hybridized carbons (Fsp3) is 0.370. The number of hydrogen-bond donors (Lipinski definition) is 0. The summed E-state index contributed by atoms with van der Waals surface area (Å²) in [6, 6.07) is 19.7. The van der Waals surface area contributed by atoms with Crippen molar-refractivity contribution in [3.63, 3.8) is 0 Å². The second kappa shape index (κ2) is 10.6. The number of morpholine rings is 1. The molecule has 6 nitrogen and oxygen atoms in total. The van der Waals surface area contributed by atoms with Crippen LogP contribution in [0.5, 0.6) is 0 Å². The second-order valence-corrected chi connectivity index (χ2v) is 8.45. The Labute approximate surface area is 195 Å². The summed E-state index contributed by atoms with van der Waals surface area (Å²) in [5.74, 6) is 0.832. The van der Waals surface area contributed by atoms with Crippen LogP contribution in [-0.2, 0) is 17.7 Å². The minimum absolute atomic E-state index is 0.0116. The summed E-state index contributed by atoms with van der Waals surface area (Å²) in [5.41, 5.74) is 4.42. The van der Waals surface area contributed by atoms with E-state index in [-0.39, 0.29) is 11.6 Å². The molecule has 0 amide bonds. The predicted molar refractivity (Wildman–Crippen MR) is 129 cm³/mol. The van der Waals surface area contributed by atoms with Crippen molar-refractivity contribution in [2.75, 3.05) is 26.3 Å². The maximum absolute atomic E-state index is 13.1. The number of nitrogens with zero attached hydrogens (tertiary/aromatic N) is 4. The molecule has 1 saturated heterocycles. The molecule has 1 aromatic heterocycles. The zero-order valence-corrected chi connectivity index (χ0v) is 19.3. The van der Waals surface area contributed by atoms with E-state index in [1.807, 2.05) is 48.5 Å². The van der Waals surface area contributed by atoms with Gasteiger partial charge in [-0.05, 0) is 36.1 Å². The van der Waals surface area contributed by atoms with Gasteiger partial charge in [-0.1, -0.05) is 49.4 Å². The molecule has 0 N–H and O–H groups in total. The molecule has 1 aliphatic heterocycles. The highest BCUT2D eigenvalue weighted by Crippen LogP contribution is 2.24. The molecule has 170 valence electrons. The quantitative estimate of drug-likeness (QED) is 0.549. The maximum Gasteiger partial charge on any atom is 0.254 e. The van der Waals surface area contributed by atoms with Crippen LogP contribution in [0.1, 0.15) is 49.0 Å². The Balaban J connectivity index is 1.59. The lowest BCUT2D eigenvalue weighted by molar-refractivity contribution is 0.0189. The SMILES string of the molecule is CCCc1nc(C(C)N2CCOCC2)cc(=O)n1Cc1ccc(-c2ccccc2C#N)cc1. The Morgan fingerprint density at radius 3 is 2.55 bits per heavy atom. The Kier molecular flexibility index (Phi) is 7.33. The van der Waals surface area contributed by atoms with E-state index in [1.54, 1.807) is 10.6 Å². The van der Waals surface area contributed by atoms with Crippen LogP contribution in [0.3, 0.4) is 0 Å². The van der Waals surface area contributed by atoms with E-state index in [0.29, 0.717) is 12.1 Å². The molecule has 4 rings (SSSR count). The summed E-state index contributed by atoms with van der Waals surface area (Å²) in [4.78, 5) is 20.4. The van der Waals surface area contributed by atoms with Gasteiger partial charge in [-0.15, -0.1) is 0 Å². The lowest BCUT2D eigenvalue weighted by Crippen LogP contribution is -2.39. The molecular weight excluding hydrogens is 412 g/mol. The molecule has 1 aliphatic rings. The zero-order chi connectivity index (χ0) is 23.2. The number of nitriles is 1. The van der Waals surface area contributed by atoms with Gasteiger partial charge in [0.1, 0.15) is 5.82 Å². The van der Waals surface area contributed by atoms with Gasteiger partial charge < -0.3 is 4.74 Å². The Morgan fingerprint density at radius 1 is 1.12 bits per heavy atom. The van der Waals surface area contributed by atoms with Crippen LogP contribution >= 0.6 is 0 Å². The molecule has 0 saturated carbocycles. The van der Waals surface area contributed by atoms with Crippen molar-refractivity contribution < 1.29 is 4.74 Å². The summed E-state index contributed by atoms with van der Waals surface area (Å²) < 4.78 is 7.25. The van der Waals surface area contributed by atoms with Crippen LogP contribution < -0.4 is 5.56 Å². The molecule has 33 heavy (non-hydrogen) atoms. The third-order valence-electron chi connectivity index (χ3n) is 6.26. The minimum Gasteiger partial charge on any atom is -0.379 e. The minimum atomic E-state index is -0.0116. The van der Waals surface area contributed by atoms with E-state index in [0.717, 1.165) is 67.4 Å². The number of ether oxygens (including phenoxy) is 1. The predicted octanol–water partition coefficient (Wildman–Crippen LogP) is 4.18. The molecule has 1 unspecified atom stereocenters. The average Bonchev–Trinajstić information content (AvgIpc) is 2.86. The third-order valence-corrected chi connectivity index (χ3v) is 6.26. The Bertz CT molecular complexity index is 1190. The van der Waals surface area contributed by atoms with Gasteiger partial charge in [0.25, 0.3) is 5.56 Å². The van der Waals surface area contributed by atoms with Gasteiger partial charge in [0.2, 0.25) is 0 Å². The van der Waals surface area contributed by atoms with Crippen LogP contribution in [0, 0.1) is 11.3 Å². The van der Waals surface area contributed by atoms with Crippen molar-refractivity contribution in [3.8, 4) is 17.2 Å². The largest absolute Gasteiger partial charge is 0.379 e. The van der Waals surface area contributed by atoms with Gasteiger partial charge in [0.05, 0.1) is 37.1 Å². The first-order valence-electron chi connectivity index (χ1n) is 11.6. The molecule has 0 spiro atoms. The van der Waals surface area contributed by atoms with E-state index in [9.17, 15) is 10.1 Å². The molecule has 1 fully saturated rings. The third kappa shape index (κ3) is 5.22. The topological polar surface area (TPSA) is 71.2 Å². The second-order valence-electron chi connectivity index (χ2n) is 8.45. The zero-order valence-electron chi connectivity index (χ0n) is 19.3. The molecule has 6 heteroatoms. The van der Waals surface area contributed by atoms with Crippen molar-refractivity contribution in [3.05, 3.63) is 87.6 Å². The fourth-order valence-electron chi connectivity index (χ4n) is 4.33. The van der Waals surface area contributed by atoms with Gasteiger partial charge in [-0.2, -0.15) is 5.26 Å². The van der Waals surface area contributed by atoms with Crippen LogP contribution in [0.2, 0.25) is 0 Å². The Hall–Kier alpha value is -3.27. The van der Waals surface area contributed by atoms with Crippen LogP contribution in [0.15, 0.2) is 59.4 Å². The highest BCUT2D eigenvalue weighted by Gasteiger charge is 2.21. The summed E-state index contributed by atoms with van der Waals surface area (Å²) in [6.07, 6.45) is 1.68. The van der Waals surface area contributed by atoms with E-state index >= 15 is 0 Å². The first kappa shape index (κ1) is 22.9. The summed E-state index contributed by atoms with van der Waals surface area (Å²) in [5, 5.41) is 9.38. The van der Waals surface area contributed by atoms with Crippen molar-refractivity contribution in [2.24, 2.45) is 0 Å².